The molecule has 136 valence electrons. The van der Waals surface area contributed by atoms with Crippen molar-refractivity contribution in [2.24, 2.45) is 5.73 Å². The van der Waals surface area contributed by atoms with Crippen LogP contribution >= 0.6 is 11.3 Å². The predicted octanol–water partition coefficient (Wildman–Crippen LogP) is 2.02. The van der Waals surface area contributed by atoms with Crippen LogP contribution in [0.4, 0.5) is 10.7 Å². The van der Waals surface area contributed by atoms with Crippen LogP contribution in [-0.2, 0) is 22.4 Å². The van der Waals surface area contributed by atoms with Crippen molar-refractivity contribution < 1.29 is 19.1 Å². The van der Waals surface area contributed by atoms with Gasteiger partial charge >= 0.3 is 5.97 Å². The van der Waals surface area contributed by atoms with E-state index in [1.54, 1.807) is 19.1 Å². The average Bonchev–Trinajstić information content (AvgIpc) is 3.15. The highest BCUT2D eigenvalue weighted by molar-refractivity contribution is 7.17. The van der Waals surface area contributed by atoms with Gasteiger partial charge in [-0.3, -0.25) is 9.59 Å². The molecule has 0 spiro atoms. The molecule has 0 unspecified atom stereocenters. The van der Waals surface area contributed by atoms with Crippen molar-refractivity contribution in [1.29, 1.82) is 0 Å². The van der Waals surface area contributed by atoms with E-state index in [0.717, 1.165) is 35.3 Å². The number of hydrogen-bond donors (Lipinski definition) is 3. The lowest BCUT2D eigenvalue weighted by Crippen LogP contribution is -2.23. The molecule has 1 aromatic heterocycles. The summed E-state index contributed by atoms with van der Waals surface area (Å²) in [5.74, 6) is -1.78. The Bertz CT molecular complexity index is 904. The summed E-state index contributed by atoms with van der Waals surface area (Å²) in [7, 11) is 0. The van der Waals surface area contributed by atoms with Crippen molar-refractivity contribution in [2.75, 3.05) is 17.7 Å². The summed E-state index contributed by atoms with van der Waals surface area (Å²) < 4.78 is 5.03. The maximum absolute atomic E-state index is 12.1. The number of rotatable bonds is 5. The van der Waals surface area contributed by atoms with Gasteiger partial charge in [0.1, 0.15) is 5.00 Å². The highest BCUT2D eigenvalue weighted by Crippen LogP contribution is 2.38. The van der Waals surface area contributed by atoms with E-state index in [0.29, 0.717) is 16.3 Å². The van der Waals surface area contributed by atoms with Crippen LogP contribution in [0.3, 0.4) is 0 Å². The van der Waals surface area contributed by atoms with Crippen LogP contribution < -0.4 is 16.8 Å². The van der Waals surface area contributed by atoms with E-state index in [-0.39, 0.29) is 5.56 Å². The SMILES string of the molecule is Cc1cccc(C(=O)OCC(=O)Nc2sc3c(c2C(N)=O)CCC3)c1N. The molecule has 1 aromatic carbocycles. The number of esters is 1. The molecule has 0 atom stereocenters. The molecule has 0 saturated heterocycles. The van der Waals surface area contributed by atoms with Gasteiger partial charge in [-0.15, -0.1) is 11.3 Å². The number of hydrogen-bond acceptors (Lipinski definition) is 6. The Kier molecular flexibility index (Phi) is 4.94. The summed E-state index contributed by atoms with van der Waals surface area (Å²) in [5.41, 5.74) is 13.9. The standard InChI is InChI=1S/C18H19N3O4S/c1-9-4-2-6-11(15(9)19)18(24)25-8-13(22)21-17-14(16(20)23)10-5-3-7-12(10)26-17/h2,4,6H,3,5,7-8,19H2,1H3,(H2,20,23)(H,21,22). The van der Waals surface area contributed by atoms with Crippen molar-refractivity contribution >= 4 is 39.8 Å². The summed E-state index contributed by atoms with van der Waals surface area (Å²) in [6.45, 7) is 1.30. The van der Waals surface area contributed by atoms with Crippen molar-refractivity contribution in [1.82, 2.24) is 0 Å². The molecule has 0 radical (unpaired) electrons. The lowest BCUT2D eigenvalue weighted by atomic mass is 10.1. The van der Waals surface area contributed by atoms with E-state index in [1.165, 1.54) is 17.4 Å². The van der Waals surface area contributed by atoms with E-state index >= 15 is 0 Å². The second-order valence-corrected chi connectivity index (χ2v) is 7.19. The van der Waals surface area contributed by atoms with Crippen LogP contribution in [0.15, 0.2) is 18.2 Å². The summed E-state index contributed by atoms with van der Waals surface area (Å²) in [6.07, 6.45) is 2.63. The third-order valence-corrected chi connectivity index (χ3v) is 5.51. The molecule has 0 bridgehead atoms. The number of carbonyl (C=O) groups excluding carboxylic acids is 3. The van der Waals surface area contributed by atoms with Gasteiger partial charge in [-0.2, -0.15) is 0 Å². The minimum atomic E-state index is -0.676. The normalized spacial score (nSPS) is 12.5. The summed E-state index contributed by atoms with van der Waals surface area (Å²) >= 11 is 1.35. The number of carbonyl (C=O) groups is 3. The molecule has 0 aliphatic heterocycles. The molecular weight excluding hydrogens is 354 g/mol. The Balaban J connectivity index is 1.66. The molecule has 8 heteroatoms. The molecular formula is C18H19N3O4S. The quantitative estimate of drug-likeness (QED) is 0.546. The number of nitrogen functional groups attached to an aromatic ring is 1. The van der Waals surface area contributed by atoms with Crippen molar-refractivity contribution in [3.8, 4) is 0 Å². The van der Waals surface area contributed by atoms with Gasteiger partial charge in [0.25, 0.3) is 11.8 Å². The van der Waals surface area contributed by atoms with Crippen LogP contribution in [0.5, 0.6) is 0 Å². The minimum Gasteiger partial charge on any atom is -0.452 e. The molecule has 3 rings (SSSR count). The number of ether oxygens (including phenoxy) is 1. The Morgan fingerprint density at radius 1 is 1.27 bits per heavy atom. The van der Waals surface area contributed by atoms with Crippen LogP contribution in [0.2, 0.25) is 0 Å². The van der Waals surface area contributed by atoms with E-state index in [1.807, 2.05) is 0 Å². The van der Waals surface area contributed by atoms with Crippen molar-refractivity contribution in [2.45, 2.75) is 26.2 Å². The van der Waals surface area contributed by atoms with E-state index in [2.05, 4.69) is 5.32 Å². The van der Waals surface area contributed by atoms with Crippen molar-refractivity contribution in [3.05, 3.63) is 45.3 Å². The fourth-order valence-corrected chi connectivity index (χ4v) is 4.29. The first-order chi connectivity index (χ1) is 12.4. The zero-order valence-corrected chi connectivity index (χ0v) is 15.1. The van der Waals surface area contributed by atoms with Gasteiger partial charge in [-0.05, 0) is 43.4 Å². The van der Waals surface area contributed by atoms with Crippen LogP contribution in [0.1, 0.15) is 43.1 Å². The molecule has 2 aromatic rings. The largest absolute Gasteiger partial charge is 0.452 e. The molecule has 0 fully saturated rings. The Morgan fingerprint density at radius 3 is 2.77 bits per heavy atom. The van der Waals surface area contributed by atoms with Gasteiger partial charge in [0.15, 0.2) is 6.61 Å². The Labute approximate surface area is 154 Å². The number of amides is 2. The smallest absolute Gasteiger partial charge is 0.340 e. The zero-order valence-electron chi connectivity index (χ0n) is 14.3. The predicted molar refractivity (Wildman–Crippen MR) is 99.4 cm³/mol. The number of thiophene rings is 1. The highest BCUT2D eigenvalue weighted by Gasteiger charge is 2.26. The minimum absolute atomic E-state index is 0.214. The first kappa shape index (κ1) is 17.9. The molecule has 1 aliphatic rings. The molecule has 1 heterocycles. The van der Waals surface area contributed by atoms with Gasteiger partial charge in [-0.25, -0.2) is 4.79 Å². The maximum atomic E-state index is 12.1. The van der Waals surface area contributed by atoms with Crippen molar-refractivity contribution in [3.63, 3.8) is 0 Å². The van der Waals surface area contributed by atoms with Gasteiger partial charge in [-0.1, -0.05) is 12.1 Å². The number of primary amides is 1. The van der Waals surface area contributed by atoms with Gasteiger partial charge < -0.3 is 21.5 Å². The Morgan fingerprint density at radius 2 is 2.04 bits per heavy atom. The van der Waals surface area contributed by atoms with E-state index in [9.17, 15) is 14.4 Å². The van der Waals surface area contributed by atoms with E-state index < -0.39 is 24.4 Å². The van der Waals surface area contributed by atoms with E-state index in [4.69, 9.17) is 16.2 Å². The molecule has 5 N–H and O–H groups in total. The third kappa shape index (κ3) is 3.41. The molecule has 7 nitrogen and oxygen atoms in total. The number of nitrogens with two attached hydrogens (primary N) is 2. The number of benzene rings is 1. The lowest BCUT2D eigenvalue weighted by molar-refractivity contribution is -0.119. The maximum Gasteiger partial charge on any atom is 0.340 e. The van der Waals surface area contributed by atoms with Crippen LogP contribution in [0.25, 0.3) is 0 Å². The van der Waals surface area contributed by atoms with Gasteiger partial charge in [0.05, 0.1) is 11.1 Å². The average molecular weight is 373 g/mol. The monoisotopic (exact) mass is 373 g/mol. The first-order valence-corrected chi connectivity index (χ1v) is 8.96. The summed E-state index contributed by atoms with van der Waals surface area (Å²) in [5, 5.41) is 3.04. The number of nitrogens with one attached hydrogen (secondary N) is 1. The first-order valence-electron chi connectivity index (χ1n) is 8.15. The number of fused-ring (bicyclic) bond motifs is 1. The summed E-state index contributed by atoms with van der Waals surface area (Å²) in [6, 6.07) is 5.01. The number of para-hydroxylation sites is 1. The number of anilines is 2. The molecule has 0 saturated carbocycles. The van der Waals surface area contributed by atoms with Crippen LogP contribution in [-0.4, -0.2) is 24.4 Å². The molecule has 1 aliphatic carbocycles. The second-order valence-electron chi connectivity index (χ2n) is 6.09. The lowest BCUT2D eigenvalue weighted by Gasteiger charge is -2.09. The number of aryl methyl sites for hydroxylation is 2. The third-order valence-electron chi connectivity index (χ3n) is 4.30. The van der Waals surface area contributed by atoms with Crippen LogP contribution in [0, 0.1) is 6.92 Å². The Hall–Kier alpha value is -2.87. The molecule has 2 amide bonds. The summed E-state index contributed by atoms with van der Waals surface area (Å²) in [4.78, 5) is 37.0. The molecule has 26 heavy (non-hydrogen) atoms. The van der Waals surface area contributed by atoms with Gasteiger partial charge in [0.2, 0.25) is 0 Å². The van der Waals surface area contributed by atoms with Gasteiger partial charge in [0, 0.05) is 10.6 Å². The fourth-order valence-electron chi connectivity index (χ4n) is 2.98. The highest BCUT2D eigenvalue weighted by atomic mass is 32.1. The topological polar surface area (TPSA) is 125 Å². The zero-order chi connectivity index (χ0) is 18.8. The fraction of sp³-hybridized carbons (Fsp3) is 0.278. The second kappa shape index (κ2) is 7.17.